The topological polar surface area (TPSA) is 95.7 Å². The van der Waals surface area contributed by atoms with Gasteiger partial charge in [-0.3, -0.25) is 19.7 Å². The number of carbonyl (C=O) groups excluding carboxylic acids is 2. The summed E-state index contributed by atoms with van der Waals surface area (Å²) in [5, 5.41) is 11.3. The van der Waals surface area contributed by atoms with E-state index in [2.05, 4.69) is 0 Å². The molecule has 0 N–H and O–H groups in total. The van der Waals surface area contributed by atoms with Crippen molar-refractivity contribution in [3.8, 4) is 11.5 Å². The van der Waals surface area contributed by atoms with E-state index >= 15 is 0 Å². The molecule has 0 bridgehead atoms. The van der Waals surface area contributed by atoms with Gasteiger partial charge in [0.2, 0.25) is 0 Å². The number of ether oxygens (including phenoxy) is 2. The number of nitro benzene ring substituents is 1. The number of nitro groups is 1. The quantitative estimate of drug-likeness (QED) is 0.358. The molecule has 0 aromatic heterocycles. The van der Waals surface area contributed by atoms with Gasteiger partial charge in [0.25, 0.3) is 5.69 Å². The molecule has 0 saturated carbocycles. The first-order valence-electron chi connectivity index (χ1n) is 6.51. The Morgan fingerprint density at radius 3 is 2.10 bits per heavy atom. The SMILES string of the molecule is CCc1cc(OC(C)=O)c(OC(C)=O)c(CC)c1[N+](=O)[O-]. The maximum atomic E-state index is 11.3. The van der Waals surface area contributed by atoms with E-state index in [-0.39, 0.29) is 29.2 Å². The number of carbonyl (C=O) groups is 2. The standard InChI is InChI=1S/C14H17NO6/c1-5-10-7-12(20-8(3)16)14(21-9(4)17)11(6-2)13(10)15(18)19/h7H,5-6H2,1-4H3. The Kier molecular flexibility index (Phi) is 5.40. The van der Waals surface area contributed by atoms with Gasteiger partial charge in [-0.05, 0) is 18.9 Å². The smallest absolute Gasteiger partial charge is 0.308 e. The molecule has 0 aliphatic carbocycles. The third-order valence-electron chi connectivity index (χ3n) is 2.81. The fraction of sp³-hybridized carbons (Fsp3) is 0.429. The van der Waals surface area contributed by atoms with Crippen LogP contribution in [0.4, 0.5) is 5.69 Å². The largest absolute Gasteiger partial charge is 0.423 e. The second kappa shape index (κ2) is 6.83. The maximum Gasteiger partial charge on any atom is 0.308 e. The minimum atomic E-state index is -0.642. The number of esters is 2. The Labute approximate surface area is 122 Å². The minimum absolute atomic E-state index is 0.0250. The molecule has 0 aliphatic rings. The summed E-state index contributed by atoms with van der Waals surface area (Å²) in [5.41, 5.74) is 0.557. The van der Waals surface area contributed by atoms with Gasteiger partial charge < -0.3 is 9.47 Å². The summed E-state index contributed by atoms with van der Waals surface area (Å²) < 4.78 is 10.1. The first-order valence-corrected chi connectivity index (χ1v) is 6.51. The van der Waals surface area contributed by atoms with Crippen molar-refractivity contribution in [3.05, 3.63) is 27.3 Å². The van der Waals surface area contributed by atoms with Crippen molar-refractivity contribution in [2.75, 3.05) is 0 Å². The lowest BCUT2D eigenvalue weighted by atomic mass is 10.0. The van der Waals surface area contributed by atoms with E-state index in [1.807, 2.05) is 0 Å². The lowest BCUT2D eigenvalue weighted by Gasteiger charge is -2.15. The minimum Gasteiger partial charge on any atom is -0.423 e. The van der Waals surface area contributed by atoms with Gasteiger partial charge in [-0.15, -0.1) is 0 Å². The molecule has 0 fully saturated rings. The van der Waals surface area contributed by atoms with Crippen molar-refractivity contribution in [1.82, 2.24) is 0 Å². The van der Waals surface area contributed by atoms with Crippen LogP contribution in [0.25, 0.3) is 0 Å². The van der Waals surface area contributed by atoms with Gasteiger partial charge in [-0.2, -0.15) is 0 Å². The van der Waals surface area contributed by atoms with E-state index < -0.39 is 16.9 Å². The van der Waals surface area contributed by atoms with Gasteiger partial charge in [0.05, 0.1) is 10.5 Å². The van der Waals surface area contributed by atoms with Crippen LogP contribution in [-0.4, -0.2) is 16.9 Å². The van der Waals surface area contributed by atoms with Crippen molar-refractivity contribution < 1.29 is 24.0 Å². The summed E-state index contributed by atoms with van der Waals surface area (Å²) in [7, 11) is 0. The molecule has 0 aliphatic heterocycles. The summed E-state index contributed by atoms with van der Waals surface area (Å²) in [6.07, 6.45) is 0.652. The molecule has 7 nitrogen and oxygen atoms in total. The molecule has 1 aromatic carbocycles. The second-order valence-corrected chi connectivity index (χ2v) is 4.34. The van der Waals surface area contributed by atoms with Crippen LogP contribution in [0.5, 0.6) is 11.5 Å². The van der Waals surface area contributed by atoms with Crippen molar-refractivity contribution >= 4 is 17.6 Å². The number of hydrogen-bond donors (Lipinski definition) is 0. The first kappa shape index (κ1) is 16.6. The van der Waals surface area contributed by atoms with Crippen LogP contribution in [0.2, 0.25) is 0 Å². The van der Waals surface area contributed by atoms with Crippen LogP contribution in [0.3, 0.4) is 0 Å². The van der Waals surface area contributed by atoms with Gasteiger partial charge in [-0.25, -0.2) is 0 Å². The van der Waals surface area contributed by atoms with Crippen LogP contribution >= 0.6 is 0 Å². The number of rotatable bonds is 5. The van der Waals surface area contributed by atoms with Crippen LogP contribution in [0.15, 0.2) is 6.07 Å². The highest BCUT2D eigenvalue weighted by atomic mass is 16.6. The highest BCUT2D eigenvalue weighted by molar-refractivity contribution is 5.76. The van der Waals surface area contributed by atoms with E-state index in [1.54, 1.807) is 13.8 Å². The zero-order chi connectivity index (χ0) is 16.2. The maximum absolute atomic E-state index is 11.3. The van der Waals surface area contributed by atoms with E-state index in [1.165, 1.54) is 19.9 Å². The number of hydrogen-bond acceptors (Lipinski definition) is 6. The predicted octanol–water partition coefficient (Wildman–Crippen LogP) is 2.57. The van der Waals surface area contributed by atoms with E-state index in [9.17, 15) is 19.7 Å². The molecule has 0 spiro atoms. The third kappa shape index (κ3) is 3.77. The molecule has 1 aromatic rings. The molecule has 21 heavy (non-hydrogen) atoms. The van der Waals surface area contributed by atoms with Gasteiger partial charge in [0.15, 0.2) is 11.5 Å². The Morgan fingerprint density at radius 2 is 1.71 bits per heavy atom. The van der Waals surface area contributed by atoms with Crippen LogP contribution < -0.4 is 9.47 Å². The monoisotopic (exact) mass is 295 g/mol. The van der Waals surface area contributed by atoms with E-state index in [4.69, 9.17) is 9.47 Å². The Bertz CT molecular complexity index is 594. The average Bonchev–Trinajstić information content (AvgIpc) is 2.38. The normalized spacial score (nSPS) is 10.1. The predicted molar refractivity (Wildman–Crippen MR) is 74.5 cm³/mol. The summed E-state index contributed by atoms with van der Waals surface area (Å²) in [4.78, 5) is 33.2. The molecule has 1 rings (SSSR count). The van der Waals surface area contributed by atoms with Crippen LogP contribution in [0, 0.1) is 10.1 Å². The molecule has 0 heterocycles. The average molecular weight is 295 g/mol. The first-order chi connectivity index (χ1) is 9.81. The highest BCUT2D eigenvalue weighted by Gasteiger charge is 2.27. The van der Waals surface area contributed by atoms with Crippen molar-refractivity contribution in [3.63, 3.8) is 0 Å². The van der Waals surface area contributed by atoms with Crippen LogP contribution in [-0.2, 0) is 22.4 Å². The lowest BCUT2D eigenvalue weighted by Crippen LogP contribution is -2.11. The van der Waals surface area contributed by atoms with Gasteiger partial charge in [-0.1, -0.05) is 13.8 Å². The fourth-order valence-corrected chi connectivity index (χ4v) is 2.05. The summed E-state index contributed by atoms with van der Waals surface area (Å²) in [6.45, 7) is 5.84. The molecule has 0 amide bonds. The molecular weight excluding hydrogens is 278 g/mol. The molecule has 0 saturated heterocycles. The van der Waals surface area contributed by atoms with Gasteiger partial charge >= 0.3 is 11.9 Å². The zero-order valence-electron chi connectivity index (χ0n) is 12.4. The summed E-state index contributed by atoms with van der Waals surface area (Å²) in [6, 6.07) is 1.37. The Balaban J connectivity index is 3.67. The Hall–Kier alpha value is -2.44. The third-order valence-corrected chi connectivity index (χ3v) is 2.81. The van der Waals surface area contributed by atoms with Gasteiger partial charge in [0.1, 0.15) is 0 Å². The van der Waals surface area contributed by atoms with E-state index in [0.29, 0.717) is 12.0 Å². The molecular formula is C14H17NO6. The fourth-order valence-electron chi connectivity index (χ4n) is 2.05. The highest BCUT2D eigenvalue weighted by Crippen LogP contribution is 2.41. The van der Waals surface area contributed by atoms with Crippen molar-refractivity contribution in [1.29, 1.82) is 0 Å². The number of aryl methyl sites for hydroxylation is 1. The van der Waals surface area contributed by atoms with Crippen LogP contribution in [0.1, 0.15) is 38.8 Å². The van der Waals surface area contributed by atoms with Gasteiger partial charge in [0, 0.05) is 19.4 Å². The molecule has 7 heteroatoms. The molecule has 0 unspecified atom stereocenters. The van der Waals surface area contributed by atoms with Crippen molar-refractivity contribution in [2.45, 2.75) is 40.5 Å². The summed E-state index contributed by atoms with van der Waals surface area (Å²) >= 11 is 0. The second-order valence-electron chi connectivity index (χ2n) is 4.34. The van der Waals surface area contributed by atoms with E-state index in [0.717, 1.165) is 0 Å². The molecule has 0 radical (unpaired) electrons. The molecule has 114 valence electrons. The summed E-state index contributed by atoms with van der Waals surface area (Å²) in [5.74, 6) is -1.28. The number of nitrogens with zero attached hydrogens (tertiary/aromatic N) is 1. The number of benzene rings is 1. The van der Waals surface area contributed by atoms with Crippen molar-refractivity contribution in [2.24, 2.45) is 0 Å². The lowest BCUT2D eigenvalue weighted by molar-refractivity contribution is -0.386. The Morgan fingerprint density at radius 1 is 1.14 bits per heavy atom. The zero-order valence-corrected chi connectivity index (χ0v) is 12.4. The molecule has 0 atom stereocenters.